The Bertz CT molecular complexity index is 587. The smallest absolute Gasteiger partial charge is 0.223 e. The summed E-state index contributed by atoms with van der Waals surface area (Å²) in [6.45, 7) is 0.641. The monoisotopic (exact) mass is 316 g/mol. The number of primary amides is 1. The van der Waals surface area contributed by atoms with Gasteiger partial charge in [0.15, 0.2) is 0 Å². The van der Waals surface area contributed by atoms with E-state index in [2.05, 4.69) is 11.4 Å². The summed E-state index contributed by atoms with van der Waals surface area (Å²) in [5.74, 6) is -0.619. The molecule has 3 atom stereocenters. The molecule has 0 radical (unpaired) electrons. The number of amides is 2. The van der Waals surface area contributed by atoms with Crippen molar-refractivity contribution in [2.45, 2.75) is 50.7 Å². The van der Waals surface area contributed by atoms with Crippen LogP contribution in [0.1, 0.15) is 49.3 Å². The van der Waals surface area contributed by atoms with Gasteiger partial charge < -0.3 is 15.8 Å². The number of benzene rings is 1. The van der Waals surface area contributed by atoms with Crippen LogP contribution in [0.5, 0.6) is 0 Å². The van der Waals surface area contributed by atoms with E-state index in [-0.39, 0.29) is 29.9 Å². The number of hydrogen-bond acceptors (Lipinski definition) is 3. The molecule has 5 nitrogen and oxygen atoms in total. The van der Waals surface area contributed by atoms with Crippen molar-refractivity contribution in [3.8, 4) is 0 Å². The summed E-state index contributed by atoms with van der Waals surface area (Å²) in [7, 11) is 0. The average Bonchev–Trinajstić information content (AvgIpc) is 2.55. The zero-order valence-electron chi connectivity index (χ0n) is 13.3. The van der Waals surface area contributed by atoms with Gasteiger partial charge in [-0.25, -0.2) is 0 Å². The number of hydrogen-bond donors (Lipinski definition) is 2. The number of carbonyl (C=O) groups is 2. The molecule has 23 heavy (non-hydrogen) atoms. The number of nitrogens with one attached hydrogen (secondary N) is 1. The third-order valence-corrected chi connectivity index (χ3v) is 4.94. The second-order valence-corrected chi connectivity index (χ2v) is 6.48. The molecule has 3 rings (SSSR count). The summed E-state index contributed by atoms with van der Waals surface area (Å²) in [6, 6.07) is 7.97. The SMILES string of the molecule is NC(=O)[C@@H]1CCCC[C@@H]1NC(=O)C[C@H]1OCCc2ccccc21. The van der Waals surface area contributed by atoms with Crippen LogP contribution in [0.2, 0.25) is 0 Å². The highest BCUT2D eigenvalue weighted by molar-refractivity contribution is 5.81. The summed E-state index contributed by atoms with van der Waals surface area (Å²) < 4.78 is 5.79. The first-order chi connectivity index (χ1) is 11.1. The molecule has 5 heteroatoms. The standard InChI is InChI=1S/C18H24N2O3/c19-18(22)14-7-3-4-8-15(14)20-17(21)11-16-13-6-2-1-5-12(13)9-10-23-16/h1-2,5-6,14-16H,3-4,7-11H2,(H2,19,22)(H,20,21)/t14-,15+,16-/m1/s1. The van der Waals surface area contributed by atoms with Gasteiger partial charge in [0.1, 0.15) is 0 Å². The quantitative estimate of drug-likeness (QED) is 0.889. The van der Waals surface area contributed by atoms with Crippen LogP contribution in [-0.2, 0) is 20.7 Å². The molecule has 0 saturated heterocycles. The first kappa shape index (κ1) is 16.0. The van der Waals surface area contributed by atoms with E-state index in [0.29, 0.717) is 13.0 Å². The second-order valence-electron chi connectivity index (χ2n) is 6.48. The lowest BCUT2D eigenvalue weighted by Crippen LogP contribution is -2.47. The van der Waals surface area contributed by atoms with Crippen molar-refractivity contribution >= 4 is 11.8 Å². The summed E-state index contributed by atoms with van der Waals surface area (Å²) in [4.78, 5) is 24.0. The maximum atomic E-state index is 12.4. The number of fused-ring (bicyclic) bond motifs is 1. The molecule has 124 valence electrons. The predicted octanol–water partition coefficient (Wildman–Crippen LogP) is 1.85. The Morgan fingerprint density at radius 2 is 2.00 bits per heavy atom. The zero-order chi connectivity index (χ0) is 16.2. The summed E-state index contributed by atoms with van der Waals surface area (Å²) in [6.07, 6.45) is 4.59. The fraction of sp³-hybridized carbons (Fsp3) is 0.556. The highest BCUT2D eigenvalue weighted by atomic mass is 16.5. The lowest BCUT2D eigenvalue weighted by molar-refractivity contribution is -0.127. The van der Waals surface area contributed by atoms with Crippen molar-refractivity contribution in [3.63, 3.8) is 0 Å². The van der Waals surface area contributed by atoms with E-state index in [1.165, 1.54) is 5.56 Å². The van der Waals surface area contributed by atoms with Gasteiger partial charge in [0.05, 0.1) is 25.0 Å². The minimum atomic E-state index is -0.311. The van der Waals surface area contributed by atoms with Crippen LogP contribution in [0, 0.1) is 5.92 Å². The molecule has 1 aromatic rings. The van der Waals surface area contributed by atoms with Crippen molar-refractivity contribution in [2.75, 3.05) is 6.61 Å². The summed E-state index contributed by atoms with van der Waals surface area (Å²) in [5.41, 5.74) is 7.82. The van der Waals surface area contributed by atoms with Crippen molar-refractivity contribution in [1.29, 1.82) is 0 Å². The van der Waals surface area contributed by atoms with Crippen LogP contribution < -0.4 is 11.1 Å². The number of ether oxygens (including phenoxy) is 1. The molecule has 0 spiro atoms. The molecular weight excluding hydrogens is 292 g/mol. The fourth-order valence-corrected chi connectivity index (χ4v) is 3.72. The van der Waals surface area contributed by atoms with Crippen molar-refractivity contribution in [2.24, 2.45) is 11.7 Å². The van der Waals surface area contributed by atoms with Crippen LogP contribution in [0.25, 0.3) is 0 Å². The summed E-state index contributed by atoms with van der Waals surface area (Å²) in [5, 5.41) is 3.01. The molecule has 0 aromatic heterocycles. The Labute approximate surface area is 136 Å². The molecule has 1 saturated carbocycles. The highest BCUT2D eigenvalue weighted by Crippen LogP contribution is 2.30. The van der Waals surface area contributed by atoms with E-state index in [4.69, 9.17) is 10.5 Å². The van der Waals surface area contributed by atoms with Crippen LogP contribution >= 0.6 is 0 Å². The third-order valence-electron chi connectivity index (χ3n) is 4.94. The Hall–Kier alpha value is -1.88. The first-order valence-electron chi connectivity index (χ1n) is 8.43. The van der Waals surface area contributed by atoms with E-state index < -0.39 is 0 Å². The van der Waals surface area contributed by atoms with Gasteiger partial charge in [0.2, 0.25) is 11.8 Å². The van der Waals surface area contributed by atoms with Gasteiger partial charge in [0.25, 0.3) is 0 Å². The Balaban J connectivity index is 1.62. The minimum Gasteiger partial charge on any atom is -0.373 e. The maximum absolute atomic E-state index is 12.4. The first-order valence-corrected chi connectivity index (χ1v) is 8.43. The van der Waals surface area contributed by atoms with Crippen molar-refractivity contribution < 1.29 is 14.3 Å². The van der Waals surface area contributed by atoms with Gasteiger partial charge in [-0.05, 0) is 30.4 Å². The van der Waals surface area contributed by atoms with Gasteiger partial charge in [-0.1, -0.05) is 37.1 Å². The van der Waals surface area contributed by atoms with Crippen LogP contribution in [0.3, 0.4) is 0 Å². The molecule has 1 aliphatic heterocycles. The predicted molar refractivity (Wildman–Crippen MR) is 86.5 cm³/mol. The lowest BCUT2D eigenvalue weighted by atomic mass is 9.84. The third kappa shape index (κ3) is 3.72. The molecule has 1 aliphatic carbocycles. The van der Waals surface area contributed by atoms with Gasteiger partial charge in [-0.3, -0.25) is 9.59 Å². The number of carbonyl (C=O) groups excluding carboxylic acids is 2. The topological polar surface area (TPSA) is 81.4 Å². The van der Waals surface area contributed by atoms with E-state index in [1.54, 1.807) is 0 Å². The van der Waals surface area contributed by atoms with Crippen molar-refractivity contribution in [3.05, 3.63) is 35.4 Å². The van der Waals surface area contributed by atoms with Crippen LogP contribution in [-0.4, -0.2) is 24.5 Å². The normalized spacial score (nSPS) is 27.0. The highest BCUT2D eigenvalue weighted by Gasteiger charge is 2.31. The number of rotatable bonds is 4. The Kier molecular flexibility index (Phi) is 4.96. The van der Waals surface area contributed by atoms with Gasteiger partial charge in [-0.2, -0.15) is 0 Å². The molecule has 2 amide bonds. The van der Waals surface area contributed by atoms with Gasteiger partial charge in [0, 0.05) is 6.04 Å². The molecule has 1 aromatic carbocycles. The zero-order valence-corrected chi connectivity index (χ0v) is 13.3. The van der Waals surface area contributed by atoms with Crippen molar-refractivity contribution in [1.82, 2.24) is 5.32 Å². The Morgan fingerprint density at radius 3 is 2.83 bits per heavy atom. The van der Waals surface area contributed by atoms with Gasteiger partial charge in [-0.15, -0.1) is 0 Å². The van der Waals surface area contributed by atoms with E-state index >= 15 is 0 Å². The lowest BCUT2D eigenvalue weighted by Gasteiger charge is -2.31. The molecule has 1 heterocycles. The average molecular weight is 316 g/mol. The number of nitrogens with two attached hydrogens (primary N) is 1. The van der Waals surface area contributed by atoms with Crippen LogP contribution in [0.15, 0.2) is 24.3 Å². The molecule has 0 bridgehead atoms. The molecular formula is C18H24N2O3. The molecule has 2 aliphatic rings. The van der Waals surface area contributed by atoms with Gasteiger partial charge >= 0.3 is 0 Å². The largest absolute Gasteiger partial charge is 0.373 e. The molecule has 3 N–H and O–H groups in total. The summed E-state index contributed by atoms with van der Waals surface area (Å²) >= 11 is 0. The Morgan fingerprint density at radius 1 is 1.22 bits per heavy atom. The second kappa shape index (κ2) is 7.13. The van der Waals surface area contributed by atoms with E-state index in [9.17, 15) is 9.59 Å². The van der Waals surface area contributed by atoms with E-state index in [1.807, 2.05) is 18.2 Å². The van der Waals surface area contributed by atoms with E-state index in [0.717, 1.165) is 37.7 Å². The molecule has 0 unspecified atom stereocenters. The molecule has 1 fully saturated rings. The minimum absolute atomic E-state index is 0.0650. The fourth-order valence-electron chi connectivity index (χ4n) is 3.72. The maximum Gasteiger partial charge on any atom is 0.223 e. The van der Waals surface area contributed by atoms with Crippen LogP contribution in [0.4, 0.5) is 0 Å².